The van der Waals surface area contributed by atoms with Crippen LogP contribution in [0.3, 0.4) is 0 Å². The number of hydrogen-bond acceptors (Lipinski definition) is 3. The average molecular weight is 244 g/mol. The van der Waals surface area contributed by atoms with Crippen LogP contribution in [0.1, 0.15) is 19.8 Å². The van der Waals surface area contributed by atoms with E-state index in [1.54, 1.807) is 11.8 Å². The van der Waals surface area contributed by atoms with E-state index in [1.165, 1.54) is 0 Å². The first-order chi connectivity index (χ1) is 8.11. The Morgan fingerprint density at radius 3 is 2.65 bits per heavy atom. The van der Waals surface area contributed by atoms with Gasteiger partial charge in [0.2, 0.25) is 0 Å². The lowest BCUT2D eigenvalue weighted by Gasteiger charge is -2.26. The van der Waals surface area contributed by atoms with E-state index in [0.29, 0.717) is 45.7 Å². The number of amides is 2. The molecule has 1 aliphatic rings. The van der Waals surface area contributed by atoms with Crippen molar-refractivity contribution in [1.82, 2.24) is 10.2 Å². The lowest BCUT2D eigenvalue weighted by Crippen LogP contribution is -2.46. The van der Waals surface area contributed by atoms with Crippen LogP contribution in [0, 0.1) is 5.92 Å². The van der Waals surface area contributed by atoms with Gasteiger partial charge in [-0.3, -0.25) is 4.79 Å². The van der Waals surface area contributed by atoms with E-state index in [4.69, 9.17) is 9.84 Å². The molecule has 0 spiro atoms. The van der Waals surface area contributed by atoms with Crippen molar-refractivity contribution in [3.63, 3.8) is 0 Å². The van der Waals surface area contributed by atoms with E-state index < -0.39 is 5.97 Å². The number of rotatable bonds is 5. The summed E-state index contributed by atoms with van der Waals surface area (Å²) in [6.07, 6.45) is 1.27. The fourth-order valence-electron chi connectivity index (χ4n) is 1.61. The Morgan fingerprint density at radius 1 is 1.41 bits per heavy atom. The minimum Gasteiger partial charge on any atom is -0.481 e. The third-order valence-electron chi connectivity index (χ3n) is 2.81. The number of carboxylic acids is 1. The first-order valence-electron chi connectivity index (χ1n) is 5.94. The van der Waals surface area contributed by atoms with Crippen molar-refractivity contribution in [2.24, 2.45) is 5.92 Å². The minimum absolute atomic E-state index is 0.0868. The van der Waals surface area contributed by atoms with Gasteiger partial charge in [-0.15, -0.1) is 0 Å². The summed E-state index contributed by atoms with van der Waals surface area (Å²) < 4.78 is 5.15. The summed E-state index contributed by atoms with van der Waals surface area (Å²) in [4.78, 5) is 23.9. The van der Waals surface area contributed by atoms with Crippen molar-refractivity contribution in [1.29, 1.82) is 0 Å². The number of aliphatic carboxylic acids is 1. The Bertz CT molecular complexity index is 264. The zero-order valence-corrected chi connectivity index (χ0v) is 10.1. The number of carboxylic acid groups (broad SMARTS) is 1. The summed E-state index contributed by atoms with van der Waals surface area (Å²) >= 11 is 0. The van der Waals surface area contributed by atoms with E-state index in [9.17, 15) is 9.59 Å². The molecule has 1 rings (SSSR count). The van der Waals surface area contributed by atoms with Gasteiger partial charge in [0.1, 0.15) is 0 Å². The molecule has 6 heteroatoms. The number of urea groups is 1. The number of carbonyl (C=O) groups is 2. The Morgan fingerprint density at radius 2 is 2.06 bits per heavy atom. The van der Waals surface area contributed by atoms with Crippen LogP contribution >= 0.6 is 0 Å². The number of morpholine rings is 1. The van der Waals surface area contributed by atoms with Gasteiger partial charge in [0.15, 0.2) is 0 Å². The number of nitrogens with zero attached hydrogens (tertiary/aromatic N) is 1. The van der Waals surface area contributed by atoms with Gasteiger partial charge in [-0.05, 0) is 12.8 Å². The van der Waals surface area contributed by atoms with Crippen molar-refractivity contribution in [3.05, 3.63) is 0 Å². The van der Waals surface area contributed by atoms with Crippen LogP contribution in [0.15, 0.2) is 0 Å². The highest BCUT2D eigenvalue weighted by atomic mass is 16.5. The van der Waals surface area contributed by atoms with Crippen LogP contribution in [0.4, 0.5) is 4.79 Å². The van der Waals surface area contributed by atoms with E-state index >= 15 is 0 Å². The molecule has 17 heavy (non-hydrogen) atoms. The lowest BCUT2D eigenvalue weighted by molar-refractivity contribution is -0.141. The van der Waals surface area contributed by atoms with Crippen molar-refractivity contribution in [2.75, 3.05) is 32.8 Å². The van der Waals surface area contributed by atoms with Crippen LogP contribution in [0.25, 0.3) is 0 Å². The number of carbonyl (C=O) groups excluding carboxylic acids is 1. The SMILES string of the molecule is CC(CCCNC(=O)N1CCOCC1)C(=O)O. The highest BCUT2D eigenvalue weighted by Gasteiger charge is 2.16. The molecule has 1 unspecified atom stereocenters. The lowest BCUT2D eigenvalue weighted by atomic mass is 10.1. The molecule has 2 N–H and O–H groups in total. The molecular weight excluding hydrogens is 224 g/mol. The predicted molar refractivity (Wildman–Crippen MR) is 61.8 cm³/mol. The summed E-state index contributed by atoms with van der Waals surface area (Å²) in [6.45, 7) is 4.61. The Hall–Kier alpha value is -1.30. The maximum atomic E-state index is 11.6. The first-order valence-corrected chi connectivity index (χ1v) is 5.94. The molecule has 0 saturated carbocycles. The molecule has 0 radical (unpaired) electrons. The summed E-state index contributed by atoms with van der Waals surface area (Å²) in [6, 6.07) is -0.0868. The van der Waals surface area contributed by atoms with Gasteiger partial charge in [-0.25, -0.2) is 4.79 Å². The van der Waals surface area contributed by atoms with Gasteiger partial charge >= 0.3 is 12.0 Å². The van der Waals surface area contributed by atoms with Crippen molar-refractivity contribution >= 4 is 12.0 Å². The van der Waals surface area contributed by atoms with Crippen LogP contribution in [-0.4, -0.2) is 54.9 Å². The largest absolute Gasteiger partial charge is 0.481 e. The molecule has 6 nitrogen and oxygen atoms in total. The monoisotopic (exact) mass is 244 g/mol. The van der Waals surface area contributed by atoms with E-state index in [-0.39, 0.29) is 11.9 Å². The topological polar surface area (TPSA) is 78.9 Å². The van der Waals surface area contributed by atoms with Crippen molar-refractivity contribution in [2.45, 2.75) is 19.8 Å². The fraction of sp³-hybridized carbons (Fsp3) is 0.818. The van der Waals surface area contributed by atoms with Gasteiger partial charge in [-0.1, -0.05) is 6.92 Å². The Balaban J connectivity index is 2.09. The van der Waals surface area contributed by atoms with E-state index in [2.05, 4.69) is 5.32 Å². The average Bonchev–Trinajstić information content (AvgIpc) is 2.35. The molecule has 0 aromatic rings. The van der Waals surface area contributed by atoms with Crippen molar-refractivity contribution < 1.29 is 19.4 Å². The number of nitrogens with one attached hydrogen (secondary N) is 1. The van der Waals surface area contributed by atoms with Gasteiger partial charge in [0.25, 0.3) is 0 Å². The quantitative estimate of drug-likeness (QED) is 0.691. The molecule has 0 aromatic carbocycles. The van der Waals surface area contributed by atoms with Crippen LogP contribution in [0.2, 0.25) is 0 Å². The summed E-state index contributed by atoms with van der Waals surface area (Å²) in [5.41, 5.74) is 0. The fourth-order valence-corrected chi connectivity index (χ4v) is 1.61. The Kier molecular flexibility index (Phi) is 5.76. The number of hydrogen-bond donors (Lipinski definition) is 2. The third-order valence-corrected chi connectivity index (χ3v) is 2.81. The van der Waals surface area contributed by atoms with E-state index in [1.807, 2.05) is 0 Å². The molecule has 0 aliphatic carbocycles. The Labute approximate surface area is 101 Å². The standard InChI is InChI=1S/C11H20N2O4/c1-9(10(14)15)3-2-4-12-11(16)13-5-7-17-8-6-13/h9H,2-8H2,1H3,(H,12,16)(H,14,15). The molecule has 2 amide bonds. The maximum absolute atomic E-state index is 11.6. The second kappa shape index (κ2) is 7.11. The minimum atomic E-state index is -0.787. The summed E-state index contributed by atoms with van der Waals surface area (Å²) in [5, 5.41) is 11.5. The smallest absolute Gasteiger partial charge is 0.317 e. The zero-order chi connectivity index (χ0) is 12.7. The molecule has 1 atom stereocenters. The second-order valence-electron chi connectivity index (χ2n) is 4.21. The van der Waals surface area contributed by atoms with Gasteiger partial charge in [-0.2, -0.15) is 0 Å². The second-order valence-corrected chi connectivity index (χ2v) is 4.21. The highest BCUT2D eigenvalue weighted by molar-refractivity contribution is 5.74. The van der Waals surface area contributed by atoms with Gasteiger partial charge < -0.3 is 20.1 Å². The zero-order valence-electron chi connectivity index (χ0n) is 10.1. The maximum Gasteiger partial charge on any atom is 0.317 e. The summed E-state index contributed by atoms with van der Waals surface area (Å²) in [5.74, 6) is -1.14. The van der Waals surface area contributed by atoms with Crippen LogP contribution < -0.4 is 5.32 Å². The van der Waals surface area contributed by atoms with Crippen molar-refractivity contribution in [3.8, 4) is 0 Å². The van der Waals surface area contributed by atoms with Gasteiger partial charge in [0, 0.05) is 19.6 Å². The van der Waals surface area contributed by atoms with Crippen LogP contribution in [-0.2, 0) is 9.53 Å². The number of ether oxygens (including phenoxy) is 1. The molecule has 1 fully saturated rings. The molecule has 1 heterocycles. The molecule has 0 aromatic heterocycles. The molecule has 0 bridgehead atoms. The molecule has 98 valence electrons. The van der Waals surface area contributed by atoms with Gasteiger partial charge in [0.05, 0.1) is 19.1 Å². The predicted octanol–water partition coefficient (Wildman–Crippen LogP) is 0.529. The first kappa shape index (κ1) is 13.8. The van der Waals surface area contributed by atoms with Crippen LogP contribution in [0.5, 0.6) is 0 Å². The molecular formula is C11H20N2O4. The van der Waals surface area contributed by atoms with E-state index in [0.717, 1.165) is 0 Å². The summed E-state index contributed by atoms with van der Waals surface area (Å²) in [7, 11) is 0. The third kappa shape index (κ3) is 5.04. The normalized spacial score (nSPS) is 17.6. The molecule has 1 saturated heterocycles. The molecule has 1 aliphatic heterocycles. The highest BCUT2D eigenvalue weighted by Crippen LogP contribution is 2.04.